The van der Waals surface area contributed by atoms with E-state index in [0.29, 0.717) is 18.4 Å². The summed E-state index contributed by atoms with van der Waals surface area (Å²) >= 11 is 0. The van der Waals surface area contributed by atoms with Crippen molar-refractivity contribution >= 4 is 23.2 Å². The van der Waals surface area contributed by atoms with Gasteiger partial charge in [-0.05, 0) is 75.0 Å². The number of hydrogen-bond acceptors (Lipinski definition) is 9. The van der Waals surface area contributed by atoms with E-state index >= 15 is 0 Å². The molecule has 0 spiro atoms. The largest absolute Gasteiger partial charge is 0.508 e. The second-order valence-corrected chi connectivity index (χ2v) is 10.4. The summed E-state index contributed by atoms with van der Waals surface area (Å²) in [6, 6.07) is 7.73. The zero-order valence-corrected chi connectivity index (χ0v) is 21.0. The molecule has 0 radical (unpaired) electrons. The maximum atomic E-state index is 13.9. The molecule has 1 aromatic carbocycles. The van der Waals surface area contributed by atoms with Gasteiger partial charge >= 0.3 is 0 Å². The molecule has 198 valence electrons. The molecular weight excluding hydrogens is 490 g/mol. The summed E-state index contributed by atoms with van der Waals surface area (Å²) in [7, 11) is 3.14. The maximum absolute atomic E-state index is 13.9. The molecule has 2 aromatic rings. The lowest BCUT2D eigenvalue weighted by Crippen LogP contribution is -2.65. The van der Waals surface area contributed by atoms with Gasteiger partial charge in [-0.25, -0.2) is 0 Å². The van der Waals surface area contributed by atoms with E-state index in [4.69, 9.17) is 5.73 Å². The summed E-state index contributed by atoms with van der Waals surface area (Å²) in [5.41, 5.74) is 4.24. The van der Waals surface area contributed by atoms with Crippen molar-refractivity contribution in [1.82, 2.24) is 9.88 Å². The van der Waals surface area contributed by atoms with E-state index in [-0.39, 0.29) is 29.7 Å². The van der Waals surface area contributed by atoms with Crippen LogP contribution in [0.2, 0.25) is 0 Å². The third-order valence-electron chi connectivity index (χ3n) is 8.08. The summed E-state index contributed by atoms with van der Waals surface area (Å²) in [5.74, 6) is -6.57. The number of phenolic OH excluding ortho intramolecular Hbond substituents is 1. The van der Waals surface area contributed by atoms with Gasteiger partial charge in [0.1, 0.15) is 22.8 Å². The first kappa shape index (κ1) is 25.6. The lowest BCUT2D eigenvalue weighted by Gasteiger charge is -2.50. The summed E-state index contributed by atoms with van der Waals surface area (Å²) in [5, 5.41) is 44.6. The minimum atomic E-state index is -2.64. The van der Waals surface area contributed by atoms with E-state index < -0.39 is 58.0 Å². The average molecular weight is 520 g/mol. The molecule has 3 aliphatic rings. The molecule has 3 aliphatic carbocycles. The monoisotopic (exact) mass is 519 g/mol. The Morgan fingerprint density at radius 2 is 1.87 bits per heavy atom. The van der Waals surface area contributed by atoms with E-state index in [2.05, 4.69) is 4.98 Å². The Morgan fingerprint density at radius 3 is 2.50 bits per heavy atom. The third kappa shape index (κ3) is 3.63. The van der Waals surface area contributed by atoms with Crippen molar-refractivity contribution in [2.45, 2.75) is 37.3 Å². The topological polar surface area (TPSA) is 174 Å². The van der Waals surface area contributed by atoms with Crippen LogP contribution < -0.4 is 5.73 Å². The molecule has 0 unspecified atom stereocenters. The van der Waals surface area contributed by atoms with Crippen LogP contribution >= 0.6 is 0 Å². The zero-order chi connectivity index (χ0) is 27.5. The standard InChI is InChI=1S/C28H29N3O7/c1-31(2)22-17-12-14-11-16-13(6-8-15-5-3-4-10-30-15)7-9-18(32)20(16)23(33)19(14)25(35)28(17,38)26(36)21(24(22)34)27(29)37/h3-5,7,9-10,14,17,22,32-33,36,38H,6,8,11-12H2,1-2H3,(H2,29,37)/t14-,17+,22-,28+/m1/s1. The van der Waals surface area contributed by atoms with Crippen LogP contribution in [0.1, 0.15) is 28.8 Å². The van der Waals surface area contributed by atoms with E-state index in [1.165, 1.54) is 11.0 Å². The fourth-order valence-electron chi connectivity index (χ4n) is 6.35. The highest BCUT2D eigenvalue weighted by Crippen LogP contribution is 2.53. The maximum Gasteiger partial charge on any atom is 0.255 e. The van der Waals surface area contributed by atoms with Crippen molar-refractivity contribution in [3.63, 3.8) is 0 Å². The number of aryl methyl sites for hydroxylation is 2. The van der Waals surface area contributed by atoms with E-state index in [1.54, 1.807) is 26.4 Å². The van der Waals surface area contributed by atoms with Crippen molar-refractivity contribution in [3.8, 4) is 5.75 Å². The molecule has 0 bridgehead atoms. The summed E-state index contributed by atoms with van der Waals surface area (Å²) in [4.78, 5) is 44.9. The fourth-order valence-corrected chi connectivity index (χ4v) is 6.35. The van der Waals surface area contributed by atoms with Crippen LogP contribution in [0, 0.1) is 11.8 Å². The molecule has 38 heavy (non-hydrogen) atoms. The van der Waals surface area contributed by atoms with Gasteiger partial charge in [-0.2, -0.15) is 0 Å². The molecule has 5 rings (SSSR count). The molecule has 10 heteroatoms. The number of aliphatic hydroxyl groups is 3. The highest BCUT2D eigenvalue weighted by molar-refractivity contribution is 6.24. The van der Waals surface area contributed by atoms with Crippen molar-refractivity contribution in [2.75, 3.05) is 14.1 Å². The Balaban J connectivity index is 1.63. The van der Waals surface area contributed by atoms with Crippen LogP contribution in [0.4, 0.5) is 0 Å². The Bertz CT molecular complexity index is 1430. The number of primary amides is 1. The zero-order valence-electron chi connectivity index (χ0n) is 21.0. The van der Waals surface area contributed by atoms with Gasteiger partial charge in [0.05, 0.1) is 11.6 Å². The number of fused-ring (bicyclic) bond motifs is 3. The number of phenols is 1. The fraction of sp³-hybridized carbons (Fsp3) is 0.357. The van der Waals surface area contributed by atoms with Gasteiger partial charge in [-0.15, -0.1) is 0 Å². The van der Waals surface area contributed by atoms with Crippen molar-refractivity contribution in [3.05, 3.63) is 75.8 Å². The normalized spacial score (nSPS) is 26.8. The number of nitrogens with two attached hydrogens (primary N) is 1. The first-order valence-electron chi connectivity index (χ1n) is 12.4. The predicted molar refractivity (Wildman–Crippen MR) is 136 cm³/mol. The summed E-state index contributed by atoms with van der Waals surface area (Å²) in [6.07, 6.45) is 3.21. The van der Waals surface area contributed by atoms with Crippen LogP contribution in [0.25, 0.3) is 5.76 Å². The SMILES string of the molecule is CN(C)[C@H]1C(=O)C(C(N)=O)=C(O)[C@@]2(O)C(=O)C3=C(O)c4c(O)ccc(CCc5ccccn5)c4C[C@@H]3C[C@@H]12. The first-order chi connectivity index (χ1) is 18.0. The van der Waals surface area contributed by atoms with Crippen molar-refractivity contribution in [1.29, 1.82) is 0 Å². The van der Waals surface area contributed by atoms with Crippen molar-refractivity contribution < 1.29 is 34.8 Å². The first-order valence-corrected chi connectivity index (χ1v) is 12.4. The molecule has 0 saturated heterocycles. The molecule has 1 heterocycles. The summed E-state index contributed by atoms with van der Waals surface area (Å²) < 4.78 is 0. The molecule has 0 aliphatic heterocycles. The van der Waals surface area contributed by atoms with Gasteiger partial charge in [-0.3, -0.25) is 24.3 Å². The molecule has 1 saturated carbocycles. The number of benzene rings is 1. The second-order valence-electron chi connectivity index (χ2n) is 10.4. The molecule has 6 N–H and O–H groups in total. The van der Waals surface area contributed by atoms with Gasteiger partial charge in [-0.1, -0.05) is 12.1 Å². The van der Waals surface area contributed by atoms with Crippen LogP contribution in [-0.2, 0) is 33.6 Å². The van der Waals surface area contributed by atoms with E-state index in [1.807, 2.05) is 18.2 Å². The number of likely N-dealkylation sites (N-methyl/N-ethyl adjacent to an activating group) is 1. The Labute approximate surface area is 218 Å². The van der Waals surface area contributed by atoms with Gasteiger partial charge in [0.25, 0.3) is 5.91 Å². The number of pyridine rings is 1. The smallest absolute Gasteiger partial charge is 0.255 e. The molecular formula is C28H29N3O7. The van der Waals surface area contributed by atoms with E-state index in [9.17, 15) is 34.8 Å². The minimum absolute atomic E-state index is 0.0566. The number of ketones is 2. The molecule has 4 atom stereocenters. The van der Waals surface area contributed by atoms with Gasteiger partial charge < -0.3 is 26.2 Å². The van der Waals surface area contributed by atoms with E-state index in [0.717, 1.165) is 11.3 Å². The van der Waals surface area contributed by atoms with Gasteiger partial charge in [0.2, 0.25) is 5.78 Å². The van der Waals surface area contributed by atoms with Crippen LogP contribution in [-0.4, -0.2) is 73.5 Å². The Hall–Kier alpha value is -4.02. The second kappa shape index (κ2) is 9.07. The lowest BCUT2D eigenvalue weighted by molar-refractivity contribution is -0.153. The number of aromatic hydroxyl groups is 1. The molecule has 1 fully saturated rings. The number of carbonyl (C=O) groups is 3. The molecule has 1 aromatic heterocycles. The number of carbonyl (C=O) groups excluding carboxylic acids is 3. The lowest BCUT2D eigenvalue weighted by atomic mass is 9.57. The van der Waals surface area contributed by atoms with Crippen LogP contribution in [0.3, 0.4) is 0 Å². The number of hydrogen-bond donors (Lipinski definition) is 5. The average Bonchev–Trinajstić information content (AvgIpc) is 2.86. The van der Waals surface area contributed by atoms with Gasteiger partial charge in [0.15, 0.2) is 11.4 Å². The number of rotatable bonds is 5. The Morgan fingerprint density at radius 1 is 1.13 bits per heavy atom. The Kier molecular flexibility index (Phi) is 6.12. The van der Waals surface area contributed by atoms with Crippen LogP contribution in [0.5, 0.6) is 5.75 Å². The van der Waals surface area contributed by atoms with Crippen LogP contribution in [0.15, 0.2) is 53.4 Å². The third-order valence-corrected chi connectivity index (χ3v) is 8.08. The molecule has 1 amide bonds. The number of aliphatic hydroxyl groups excluding tert-OH is 2. The highest BCUT2D eigenvalue weighted by atomic mass is 16.3. The number of nitrogens with zero attached hydrogens (tertiary/aromatic N) is 2. The van der Waals surface area contributed by atoms with Gasteiger partial charge in [0, 0.05) is 23.4 Å². The summed E-state index contributed by atoms with van der Waals surface area (Å²) in [6.45, 7) is 0. The number of amides is 1. The number of Topliss-reactive ketones (excluding diaryl/α,β-unsaturated/α-hetero) is 2. The van der Waals surface area contributed by atoms with Crippen molar-refractivity contribution in [2.24, 2.45) is 17.6 Å². The predicted octanol–water partition coefficient (Wildman–Crippen LogP) is 1.14. The highest BCUT2D eigenvalue weighted by Gasteiger charge is 2.64. The molecule has 10 nitrogen and oxygen atoms in total. The quantitative estimate of drug-likeness (QED) is 0.363. The minimum Gasteiger partial charge on any atom is -0.508 e. The number of aromatic nitrogens is 1.